The van der Waals surface area contributed by atoms with Gasteiger partial charge in [-0.1, -0.05) is 30.3 Å². The van der Waals surface area contributed by atoms with E-state index < -0.39 is 36.6 Å². The Labute approximate surface area is 193 Å². The summed E-state index contributed by atoms with van der Waals surface area (Å²) in [5, 5.41) is 9.66. The molecule has 0 unspecified atom stereocenters. The number of hydrogen-bond acceptors (Lipinski definition) is 10. The summed E-state index contributed by atoms with van der Waals surface area (Å²) in [6.07, 6.45) is -4.02. The van der Waals surface area contributed by atoms with Gasteiger partial charge in [0.15, 0.2) is 28.9 Å². The number of benzene rings is 1. The second kappa shape index (κ2) is 8.65. The summed E-state index contributed by atoms with van der Waals surface area (Å²) in [7, 11) is 3.41. The molecule has 1 aliphatic rings. The van der Waals surface area contributed by atoms with Crippen molar-refractivity contribution in [2.75, 3.05) is 31.3 Å². The number of rotatable bonds is 6. The third-order valence-electron chi connectivity index (χ3n) is 5.42. The van der Waals surface area contributed by atoms with E-state index >= 15 is 8.78 Å². The fraction of sp³-hybridized carbons (Fsp3) is 0.429. The summed E-state index contributed by atoms with van der Waals surface area (Å²) in [4.78, 5) is 26.3. The Balaban J connectivity index is 1.63. The zero-order valence-electron chi connectivity index (χ0n) is 18.7. The van der Waals surface area contributed by atoms with Crippen LogP contribution in [0.25, 0.3) is 11.2 Å². The smallest absolute Gasteiger partial charge is 0.429 e. The second-order valence-electron chi connectivity index (χ2n) is 8.21. The van der Waals surface area contributed by atoms with Crippen molar-refractivity contribution in [2.24, 2.45) is 0 Å². The van der Waals surface area contributed by atoms with Crippen LogP contribution < -0.4 is 10.6 Å². The zero-order chi connectivity index (χ0) is 24.7. The molecule has 3 N–H and O–H groups in total. The summed E-state index contributed by atoms with van der Waals surface area (Å²) < 4.78 is 47.9. The molecule has 1 fully saturated rings. The third kappa shape index (κ3) is 4.07. The van der Waals surface area contributed by atoms with E-state index in [4.69, 9.17) is 19.9 Å². The highest BCUT2D eigenvalue weighted by Crippen LogP contribution is 2.50. The zero-order valence-corrected chi connectivity index (χ0v) is 18.7. The topological polar surface area (TPSA) is 138 Å². The number of imidazole rings is 1. The summed E-state index contributed by atoms with van der Waals surface area (Å²) in [5.41, 5.74) is 4.09. The number of fused-ring (bicyclic) bond motifs is 1. The standard InChI is InChI=1S/C21H24F2N6O5/c1-20(22)16(33-19(31)32-9-12-7-5-4-6-8-12)21(23,10-30)34-17(20)29-11-25-13-14(28(2)3)26-18(24)27-15(13)29/h4-8,11,16-17,30H,9-10H2,1-3H3,(H2,24,26,27)/t16-,17+,20+,21+/m0/s1. The average molecular weight is 478 g/mol. The van der Waals surface area contributed by atoms with Gasteiger partial charge in [-0.15, -0.1) is 0 Å². The van der Waals surface area contributed by atoms with E-state index in [9.17, 15) is 9.90 Å². The maximum absolute atomic E-state index is 16.1. The molecule has 4 atom stereocenters. The molecule has 3 heterocycles. The van der Waals surface area contributed by atoms with Crippen LogP contribution in [0.3, 0.4) is 0 Å². The summed E-state index contributed by atoms with van der Waals surface area (Å²) >= 11 is 0. The maximum atomic E-state index is 16.1. The number of carbonyl (C=O) groups excluding carboxylic acids is 1. The van der Waals surface area contributed by atoms with Gasteiger partial charge in [0, 0.05) is 14.1 Å². The Morgan fingerprint density at radius 1 is 1.29 bits per heavy atom. The van der Waals surface area contributed by atoms with Crippen molar-refractivity contribution in [2.45, 2.75) is 37.4 Å². The van der Waals surface area contributed by atoms with Crippen molar-refractivity contribution in [3.05, 3.63) is 42.2 Å². The Morgan fingerprint density at radius 3 is 2.65 bits per heavy atom. The fourth-order valence-corrected chi connectivity index (χ4v) is 3.81. The van der Waals surface area contributed by atoms with Crippen LogP contribution >= 0.6 is 0 Å². The Kier molecular flexibility index (Phi) is 6.00. The molecule has 34 heavy (non-hydrogen) atoms. The molecule has 0 bridgehead atoms. The lowest BCUT2D eigenvalue weighted by atomic mass is 9.97. The molecule has 0 aliphatic carbocycles. The van der Waals surface area contributed by atoms with Crippen molar-refractivity contribution in [1.82, 2.24) is 19.5 Å². The number of nitrogen functional groups attached to an aromatic ring is 1. The van der Waals surface area contributed by atoms with Gasteiger partial charge >= 0.3 is 6.16 Å². The van der Waals surface area contributed by atoms with Gasteiger partial charge in [-0.05, 0) is 12.5 Å². The number of nitrogens with two attached hydrogens (primary N) is 1. The number of aliphatic hydroxyl groups excluding tert-OH is 1. The number of anilines is 2. The second-order valence-corrected chi connectivity index (χ2v) is 8.21. The van der Waals surface area contributed by atoms with Crippen LogP contribution in [0.4, 0.5) is 25.3 Å². The van der Waals surface area contributed by atoms with Crippen LogP contribution in [-0.2, 0) is 20.8 Å². The lowest BCUT2D eigenvalue weighted by Gasteiger charge is -2.28. The van der Waals surface area contributed by atoms with E-state index in [0.29, 0.717) is 11.4 Å². The first kappa shape index (κ1) is 23.6. The molecule has 1 aromatic carbocycles. The first-order valence-corrected chi connectivity index (χ1v) is 10.3. The van der Waals surface area contributed by atoms with Crippen molar-refractivity contribution < 1.29 is 32.9 Å². The molecule has 3 aromatic rings. The molecule has 13 heteroatoms. The Hall–Kier alpha value is -3.58. The highest BCUT2D eigenvalue weighted by atomic mass is 19.2. The van der Waals surface area contributed by atoms with Crippen LogP contribution in [-0.4, -0.2) is 69.1 Å². The van der Waals surface area contributed by atoms with Gasteiger partial charge in [-0.2, -0.15) is 9.97 Å². The molecular weight excluding hydrogens is 454 g/mol. The van der Waals surface area contributed by atoms with Gasteiger partial charge in [0.2, 0.25) is 12.1 Å². The van der Waals surface area contributed by atoms with E-state index in [-0.39, 0.29) is 23.7 Å². The quantitative estimate of drug-likeness (QED) is 0.507. The predicted molar refractivity (Wildman–Crippen MR) is 116 cm³/mol. The number of carbonyl (C=O) groups is 1. The van der Waals surface area contributed by atoms with Gasteiger partial charge in [-0.25, -0.2) is 18.6 Å². The number of aliphatic hydroxyl groups is 1. The summed E-state index contributed by atoms with van der Waals surface area (Å²) in [6.45, 7) is -0.479. The van der Waals surface area contributed by atoms with Crippen LogP contribution in [0.15, 0.2) is 36.7 Å². The highest BCUT2D eigenvalue weighted by Gasteiger charge is 2.67. The first-order chi connectivity index (χ1) is 16.1. The number of hydrogen-bond donors (Lipinski definition) is 2. The summed E-state index contributed by atoms with van der Waals surface area (Å²) in [6, 6.07) is 8.67. The largest absolute Gasteiger partial charge is 0.509 e. The number of ether oxygens (including phenoxy) is 3. The molecule has 0 spiro atoms. The molecule has 1 aliphatic heterocycles. The minimum atomic E-state index is -3.07. The highest BCUT2D eigenvalue weighted by molar-refractivity contribution is 5.84. The molecule has 182 valence electrons. The number of nitrogens with zero attached hydrogens (tertiary/aromatic N) is 5. The van der Waals surface area contributed by atoms with Gasteiger partial charge < -0.3 is 30.0 Å². The summed E-state index contributed by atoms with van der Waals surface area (Å²) in [5.74, 6) is -2.84. The minimum absolute atomic E-state index is 0.0673. The predicted octanol–water partition coefficient (Wildman–Crippen LogP) is 2.11. The van der Waals surface area contributed by atoms with Crippen LogP contribution in [0.2, 0.25) is 0 Å². The molecule has 1 saturated heterocycles. The lowest BCUT2D eigenvalue weighted by molar-refractivity contribution is -0.209. The Morgan fingerprint density at radius 2 is 2.00 bits per heavy atom. The molecule has 0 radical (unpaired) electrons. The van der Waals surface area contributed by atoms with E-state index in [1.54, 1.807) is 49.3 Å². The number of alkyl halides is 2. The molecular formula is C21H24F2N6O5. The van der Waals surface area contributed by atoms with Crippen molar-refractivity contribution in [3.8, 4) is 0 Å². The van der Waals surface area contributed by atoms with Gasteiger partial charge in [0.25, 0.3) is 5.85 Å². The fourth-order valence-electron chi connectivity index (χ4n) is 3.81. The number of halogens is 2. The van der Waals surface area contributed by atoms with E-state index in [0.717, 1.165) is 11.5 Å². The van der Waals surface area contributed by atoms with Gasteiger partial charge in [0.1, 0.15) is 13.2 Å². The van der Waals surface area contributed by atoms with Gasteiger partial charge in [0.05, 0.1) is 6.33 Å². The lowest BCUT2D eigenvalue weighted by Crippen LogP contribution is -2.49. The van der Waals surface area contributed by atoms with Crippen molar-refractivity contribution in [3.63, 3.8) is 0 Å². The number of aromatic nitrogens is 4. The maximum Gasteiger partial charge on any atom is 0.509 e. The first-order valence-electron chi connectivity index (χ1n) is 10.3. The minimum Gasteiger partial charge on any atom is -0.429 e. The van der Waals surface area contributed by atoms with Crippen LogP contribution in [0.5, 0.6) is 0 Å². The monoisotopic (exact) mass is 478 g/mol. The Bertz CT molecular complexity index is 1190. The molecule has 0 saturated carbocycles. The van der Waals surface area contributed by atoms with E-state index in [1.807, 2.05) is 0 Å². The third-order valence-corrected chi connectivity index (χ3v) is 5.42. The normalized spacial score (nSPS) is 26.5. The van der Waals surface area contributed by atoms with Crippen molar-refractivity contribution >= 4 is 29.1 Å². The molecule has 4 rings (SSSR count). The van der Waals surface area contributed by atoms with E-state index in [1.165, 1.54) is 6.33 Å². The molecule has 0 amide bonds. The van der Waals surface area contributed by atoms with Crippen molar-refractivity contribution in [1.29, 1.82) is 0 Å². The van der Waals surface area contributed by atoms with E-state index in [2.05, 4.69) is 15.0 Å². The van der Waals surface area contributed by atoms with Crippen LogP contribution in [0.1, 0.15) is 18.7 Å². The SMILES string of the molecule is CN(C)c1nc(N)nc2c1ncn2[C@@H]1O[C@](F)(CO)[C@@H](OC(=O)OCc2ccccc2)[C@@]1(C)F. The molecule has 2 aromatic heterocycles. The van der Waals surface area contributed by atoms with Gasteiger partial charge in [-0.3, -0.25) is 4.57 Å². The molecule has 11 nitrogen and oxygen atoms in total. The average Bonchev–Trinajstić information content (AvgIpc) is 3.30. The van der Waals surface area contributed by atoms with Crippen LogP contribution in [0, 0.1) is 0 Å².